The molecule has 61 heavy (non-hydrogen) atoms. The van der Waals surface area contributed by atoms with E-state index in [9.17, 15) is 9.59 Å². The van der Waals surface area contributed by atoms with Crippen LogP contribution in [0.15, 0.2) is 24.3 Å². The number of pyridine rings is 2. The minimum atomic E-state index is -0.744. The molecule has 8 heteroatoms. The number of nitrogens with zero attached hydrogens (tertiary/aromatic N) is 2. The summed E-state index contributed by atoms with van der Waals surface area (Å²) in [5.41, 5.74) is 8.06. The molecule has 0 aromatic carbocycles. The number of likely N-dealkylation sites (N-methyl/N-ethyl adjacent to an activating group) is 2. The number of carbonyl (C=O) groups is 2. The van der Waals surface area contributed by atoms with Gasteiger partial charge in [0, 0.05) is 22.8 Å². The maximum atomic E-state index is 10.9. The van der Waals surface area contributed by atoms with Crippen LogP contribution in [-0.4, -0.2) is 58.3 Å². The van der Waals surface area contributed by atoms with Crippen molar-refractivity contribution in [2.75, 3.05) is 14.1 Å². The molecule has 0 radical (unpaired) electrons. The minimum absolute atomic E-state index is 0.394. The Bertz CT molecular complexity index is 1250. The minimum Gasteiger partial charge on any atom is -0.480 e. The number of nitrogens with one attached hydrogen (secondary N) is 2. The lowest BCUT2D eigenvalue weighted by molar-refractivity contribution is -0.140. The predicted molar refractivity (Wildman–Crippen MR) is 259 cm³/mol. The molecule has 0 bridgehead atoms. The second-order valence-electron chi connectivity index (χ2n) is 17.1. The van der Waals surface area contributed by atoms with Gasteiger partial charge in [0.25, 0.3) is 0 Å². The highest BCUT2D eigenvalue weighted by Crippen LogP contribution is 2.22. The number of carboxylic acids is 2. The van der Waals surface area contributed by atoms with Crippen molar-refractivity contribution in [1.29, 1.82) is 0 Å². The Morgan fingerprint density at radius 3 is 1.07 bits per heavy atom. The molecule has 0 amide bonds. The Morgan fingerprint density at radius 1 is 0.459 bits per heavy atom. The van der Waals surface area contributed by atoms with Crippen LogP contribution in [0.25, 0.3) is 0 Å². The van der Waals surface area contributed by atoms with Crippen molar-refractivity contribution in [1.82, 2.24) is 20.6 Å². The van der Waals surface area contributed by atoms with Crippen LogP contribution in [0.2, 0.25) is 0 Å². The number of aromatic nitrogens is 2. The van der Waals surface area contributed by atoms with Crippen LogP contribution in [0.4, 0.5) is 0 Å². The SMILES string of the molecule is C1CCCC1.C1CCCCC1.CC.CC.CNC(CCCCCCCc1ccc2c(n1)CCCC2)C(=O)O.CNC(CCCCCCCc1ccc2c(n1)CCCC2)C(=O)O. The van der Waals surface area contributed by atoms with E-state index in [1.807, 2.05) is 27.7 Å². The zero-order valence-corrected chi connectivity index (χ0v) is 40.4. The number of rotatable bonds is 20. The number of hydrogen-bond acceptors (Lipinski definition) is 6. The van der Waals surface area contributed by atoms with E-state index in [0.717, 1.165) is 64.2 Å². The number of aryl methyl sites for hydroxylation is 6. The predicted octanol–water partition coefficient (Wildman–Crippen LogP) is 13.4. The lowest BCUT2D eigenvalue weighted by Crippen LogP contribution is -2.33. The topological polar surface area (TPSA) is 124 Å². The first-order valence-corrected chi connectivity index (χ1v) is 25.7. The van der Waals surface area contributed by atoms with Crippen LogP contribution in [0.1, 0.15) is 235 Å². The van der Waals surface area contributed by atoms with Gasteiger partial charge in [-0.25, -0.2) is 0 Å². The fourth-order valence-corrected chi connectivity index (χ4v) is 8.63. The number of unbranched alkanes of at least 4 members (excludes halogenated alkanes) is 8. The van der Waals surface area contributed by atoms with Crippen LogP contribution < -0.4 is 10.6 Å². The maximum Gasteiger partial charge on any atom is 0.320 e. The Morgan fingerprint density at radius 2 is 0.754 bits per heavy atom. The highest BCUT2D eigenvalue weighted by Gasteiger charge is 2.15. The van der Waals surface area contributed by atoms with Gasteiger partial charge in [0.1, 0.15) is 12.1 Å². The second-order valence-corrected chi connectivity index (χ2v) is 17.1. The fraction of sp³-hybridized carbons (Fsp3) is 0.774. The molecule has 8 nitrogen and oxygen atoms in total. The summed E-state index contributed by atoms with van der Waals surface area (Å²) in [7, 11) is 3.43. The zero-order chi connectivity index (χ0) is 44.8. The van der Waals surface area contributed by atoms with Gasteiger partial charge in [0.2, 0.25) is 0 Å². The van der Waals surface area contributed by atoms with E-state index < -0.39 is 24.0 Å². The lowest BCUT2D eigenvalue weighted by Gasteiger charge is -2.15. The first-order chi connectivity index (χ1) is 29.9. The molecule has 4 aliphatic carbocycles. The van der Waals surface area contributed by atoms with Crippen LogP contribution in [0, 0.1) is 0 Å². The van der Waals surface area contributed by atoms with Crippen molar-refractivity contribution < 1.29 is 19.8 Å². The highest BCUT2D eigenvalue weighted by molar-refractivity contribution is 5.73. The van der Waals surface area contributed by atoms with E-state index in [2.05, 4.69) is 34.9 Å². The second kappa shape index (κ2) is 38.8. The first kappa shape index (κ1) is 56.2. The van der Waals surface area contributed by atoms with Crippen molar-refractivity contribution in [3.63, 3.8) is 0 Å². The van der Waals surface area contributed by atoms with Crippen LogP contribution in [-0.2, 0) is 48.1 Å². The summed E-state index contributed by atoms with van der Waals surface area (Å²) in [6.07, 6.45) is 41.3. The molecule has 2 heterocycles. The largest absolute Gasteiger partial charge is 0.480 e. The molecule has 2 aromatic rings. The molecular formula is C53H94N4O4. The third kappa shape index (κ3) is 27.1. The van der Waals surface area contributed by atoms with Gasteiger partial charge in [-0.05, 0) is 127 Å². The van der Waals surface area contributed by atoms with Crippen LogP contribution in [0.5, 0.6) is 0 Å². The molecule has 350 valence electrons. The van der Waals surface area contributed by atoms with Gasteiger partial charge in [0.05, 0.1) is 0 Å². The van der Waals surface area contributed by atoms with Crippen molar-refractivity contribution in [2.24, 2.45) is 0 Å². The van der Waals surface area contributed by atoms with Gasteiger partial charge in [-0.3, -0.25) is 19.6 Å². The van der Waals surface area contributed by atoms with Crippen molar-refractivity contribution in [2.45, 2.75) is 252 Å². The average molecular weight is 851 g/mol. The van der Waals surface area contributed by atoms with Gasteiger partial charge in [-0.2, -0.15) is 0 Å². The van der Waals surface area contributed by atoms with Crippen LogP contribution >= 0.6 is 0 Å². The van der Waals surface area contributed by atoms with Gasteiger partial charge in [-0.1, -0.05) is 162 Å². The smallest absolute Gasteiger partial charge is 0.320 e. The standard InChI is InChI=1S/2C19H30N2O2.C6H12.C5H10.2C2H6/c2*1-20-18(19(22)23)12-6-4-2-3-5-10-16-14-13-15-9-7-8-11-17(15)21-16;1-2-4-6-5-3-1;1-2-4-5-3-1;2*1-2/h2*13-14,18,20H,2-12H2,1H3,(H,22,23);1-6H2;1-5H2;2*1-2H3. The first-order valence-electron chi connectivity index (χ1n) is 25.7. The van der Waals surface area contributed by atoms with Gasteiger partial charge >= 0.3 is 11.9 Å². The molecule has 0 saturated heterocycles. The van der Waals surface area contributed by atoms with E-state index in [-0.39, 0.29) is 0 Å². The Labute approximate surface area is 375 Å². The molecular weight excluding hydrogens is 757 g/mol. The lowest BCUT2D eigenvalue weighted by atomic mass is 9.95. The molecule has 4 N–H and O–H groups in total. The van der Waals surface area contributed by atoms with E-state index in [1.165, 1.54) is 182 Å². The molecule has 4 aliphatic rings. The Balaban J connectivity index is 0.000000456. The summed E-state index contributed by atoms with van der Waals surface area (Å²) >= 11 is 0. The van der Waals surface area contributed by atoms with Gasteiger partial charge < -0.3 is 20.8 Å². The molecule has 0 aliphatic heterocycles. The van der Waals surface area contributed by atoms with Crippen molar-refractivity contribution >= 4 is 11.9 Å². The van der Waals surface area contributed by atoms with E-state index >= 15 is 0 Å². The summed E-state index contributed by atoms with van der Waals surface area (Å²) in [6, 6.07) is 8.17. The number of hydrogen-bond donors (Lipinski definition) is 4. The third-order valence-corrected chi connectivity index (χ3v) is 12.4. The molecule has 2 fully saturated rings. The quantitative estimate of drug-likeness (QED) is 0.0971. The number of aliphatic carboxylic acids is 2. The number of carboxylic acid groups (broad SMARTS) is 2. The highest BCUT2D eigenvalue weighted by atomic mass is 16.4. The monoisotopic (exact) mass is 851 g/mol. The van der Waals surface area contributed by atoms with Crippen LogP contribution in [0.3, 0.4) is 0 Å². The van der Waals surface area contributed by atoms with Crippen molar-refractivity contribution in [3.8, 4) is 0 Å². The molecule has 2 unspecified atom stereocenters. The average Bonchev–Trinajstić information content (AvgIpc) is 3.91. The molecule has 6 rings (SSSR count). The summed E-state index contributed by atoms with van der Waals surface area (Å²) in [5, 5.41) is 23.6. The third-order valence-electron chi connectivity index (χ3n) is 12.4. The zero-order valence-electron chi connectivity index (χ0n) is 40.4. The van der Waals surface area contributed by atoms with E-state index in [1.54, 1.807) is 14.1 Å². The Kier molecular flexibility index (Phi) is 35.7. The Hall–Kier alpha value is -2.84. The van der Waals surface area contributed by atoms with Gasteiger partial charge in [-0.15, -0.1) is 0 Å². The molecule has 0 spiro atoms. The fourth-order valence-electron chi connectivity index (χ4n) is 8.63. The summed E-state index contributed by atoms with van der Waals surface area (Å²) in [5.74, 6) is -1.49. The van der Waals surface area contributed by atoms with Gasteiger partial charge in [0.15, 0.2) is 0 Å². The molecule has 2 aromatic heterocycles. The molecule has 2 atom stereocenters. The van der Waals surface area contributed by atoms with E-state index in [0.29, 0.717) is 0 Å². The number of fused-ring (bicyclic) bond motifs is 2. The summed E-state index contributed by atoms with van der Waals surface area (Å²) < 4.78 is 0. The normalized spacial score (nSPS) is 16.0. The maximum absolute atomic E-state index is 10.9. The molecule has 2 saturated carbocycles. The summed E-state index contributed by atoms with van der Waals surface area (Å²) in [6.45, 7) is 8.00. The van der Waals surface area contributed by atoms with Crippen molar-refractivity contribution in [3.05, 3.63) is 58.2 Å². The van der Waals surface area contributed by atoms with E-state index in [4.69, 9.17) is 20.2 Å². The summed E-state index contributed by atoms with van der Waals surface area (Å²) in [4.78, 5) is 31.4.